The van der Waals surface area contributed by atoms with Gasteiger partial charge in [0, 0.05) is 5.41 Å². The Morgan fingerprint density at radius 2 is 1.92 bits per heavy atom. The van der Waals surface area contributed by atoms with Crippen molar-refractivity contribution < 1.29 is 19.7 Å². The van der Waals surface area contributed by atoms with Crippen molar-refractivity contribution in [3.05, 3.63) is 26.1 Å². The van der Waals surface area contributed by atoms with Crippen LogP contribution in [0.3, 0.4) is 0 Å². The van der Waals surface area contributed by atoms with E-state index in [0.717, 1.165) is 41.0 Å². The van der Waals surface area contributed by atoms with E-state index in [1.807, 2.05) is 0 Å². The number of aromatic hydroxyl groups is 1. The summed E-state index contributed by atoms with van der Waals surface area (Å²) in [6.45, 7) is 3.43. The summed E-state index contributed by atoms with van der Waals surface area (Å²) in [5.41, 5.74) is 2.47. The molecule has 6 heteroatoms. The second-order valence-corrected chi connectivity index (χ2v) is 10.2. The SMILES string of the molecule is C[C@]12CC[C@@H]3c4cc(Br)c(O)c(Br)c4CC[C@H]3[C@@H]1CC(O)C21OCCO1. The highest BCUT2D eigenvalue weighted by molar-refractivity contribution is 9.11. The van der Waals surface area contributed by atoms with Gasteiger partial charge in [-0.15, -0.1) is 0 Å². The molecule has 1 spiro atoms. The predicted molar refractivity (Wildman–Crippen MR) is 104 cm³/mol. The van der Waals surface area contributed by atoms with Crippen molar-refractivity contribution in [1.82, 2.24) is 0 Å². The van der Waals surface area contributed by atoms with Crippen molar-refractivity contribution >= 4 is 31.9 Å². The molecule has 5 rings (SSSR count). The Bertz CT molecular complexity index is 761. The summed E-state index contributed by atoms with van der Waals surface area (Å²) in [6, 6.07) is 2.11. The lowest BCUT2D eigenvalue weighted by Crippen LogP contribution is -2.54. The summed E-state index contributed by atoms with van der Waals surface area (Å²) in [5.74, 6) is 0.874. The molecule has 2 N–H and O–H groups in total. The molecule has 3 aliphatic carbocycles. The third-order valence-electron chi connectivity index (χ3n) is 7.71. The molecule has 1 aliphatic heterocycles. The molecule has 1 saturated heterocycles. The number of rotatable bonds is 0. The van der Waals surface area contributed by atoms with Gasteiger partial charge in [-0.05, 0) is 98.9 Å². The van der Waals surface area contributed by atoms with E-state index < -0.39 is 11.9 Å². The Morgan fingerprint density at radius 1 is 1.19 bits per heavy atom. The zero-order valence-electron chi connectivity index (χ0n) is 14.8. The summed E-state index contributed by atoms with van der Waals surface area (Å²) in [6.07, 6.45) is 4.31. The molecule has 0 aromatic heterocycles. The first kappa shape index (κ1) is 17.9. The summed E-state index contributed by atoms with van der Waals surface area (Å²) < 4.78 is 13.7. The van der Waals surface area contributed by atoms with Crippen molar-refractivity contribution in [2.75, 3.05) is 13.2 Å². The highest BCUT2D eigenvalue weighted by atomic mass is 79.9. The number of benzene rings is 1. The first-order valence-corrected chi connectivity index (χ1v) is 11.1. The maximum absolute atomic E-state index is 10.9. The third kappa shape index (κ3) is 2.11. The molecule has 5 atom stereocenters. The first-order chi connectivity index (χ1) is 12.4. The number of fused-ring (bicyclic) bond motifs is 6. The predicted octanol–water partition coefficient (Wildman–Crippen LogP) is 4.49. The lowest BCUT2D eigenvalue weighted by atomic mass is 9.55. The minimum absolute atomic E-state index is 0.132. The number of phenols is 1. The van der Waals surface area contributed by atoms with Crippen LogP contribution in [0.25, 0.3) is 0 Å². The van der Waals surface area contributed by atoms with Crippen LogP contribution in [0.2, 0.25) is 0 Å². The van der Waals surface area contributed by atoms with Crippen molar-refractivity contribution in [2.24, 2.45) is 17.3 Å². The number of hydrogen-bond donors (Lipinski definition) is 2. The Labute approximate surface area is 170 Å². The Morgan fingerprint density at radius 3 is 2.65 bits per heavy atom. The molecule has 4 aliphatic rings. The average molecular weight is 488 g/mol. The fourth-order valence-corrected chi connectivity index (χ4v) is 7.90. The summed E-state index contributed by atoms with van der Waals surface area (Å²) >= 11 is 7.11. The Kier molecular flexibility index (Phi) is 4.09. The van der Waals surface area contributed by atoms with Gasteiger partial charge in [-0.3, -0.25) is 0 Å². The molecule has 3 fully saturated rings. The third-order valence-corrected chi connectivity index (χ3v) is 9.17. The zero-order chi connectivity index (χ0) is 18.3. The van der Waals surface area contributed by atoms with E-state index >= 15 is 0 Å². The van der Waals surface area contributed by atoms with Crippen LogP contribution in [0.5, 0.6) is 5.75 Å². The Balaban J connectivity index is 1.56. The summed E-state index contributed by atoms with van der Waals surface area (Å²) in [4.78, 5) is 0. The van der Waals surface area contributed by atoms with Crippen LogP contribution in [0.1, 0.15) is 49.7 Å². The molecule has 1 aromatic rings. The maximum Gasteiger partial charge on any atom is 0.200 e. The van der Waals surface area contributed by atoms with Crippen LogP contribution >= 0.6 is 31.9 Å². The van der Waals surface area contributed by atoms with Gasteiger partial charge in [-0.25, -0.2) is 0 Å². The topological polar surface area (TPSA) is 58.9 Å². The van der Waals surface area contributed by atoms with E-state index in [1.165, 1.54) is 11.1 Å². The number of ether oxygens (including phenoxy) is 2. The number of aliphatic hydroxyl groups is 1. The van der Waals surface area contributed by atoms with Gasteiger partial charge in [-0.1, -0.05) is 6.92 Å². The van der Waals surface area contributed by atoms with Gasteiger partial charge < -0.3 is 19.7 Å². The first-order valence-electron chi connectivity index (χ1n) is 9.55. The molecule has 26 heavy (non-hydrogen) atoms. The van der Waals surface area contributed by atoms with E-state index in [9.17, 15) is 10.2 Å². The lowest BCUT2D eigenvalue weighted by Gasteiger charge is -2.52. The molecule has 1 aromatic carbocycles. The normalized spacial score (nSPS) is 40.3. The molecular weight excluding hydrogens is 464 g/mol. The van der Waals surface area contributed by atoms with Crippen molar-refractivity contribution in [3.8, 4) is 5.75 Å². The van der Waals surface area contributed by atoms with Gasteiger partial charge in [-0.2, -0.15) is 0 Å². The van der Waals surface area contributed by atoms with Crippen LogP contribution in [-0.2, 0) is 15.9 Å². The van der Waals surface area contributed by atoms with E-state index in [4.69, 9.17) is 9.47 Å². The molecule has 0 bridgehead atoms. The van der Waals surface area contributed by atoms with E-state index in [1.54, 1.807) is 0 Å². The fraction of sp³-hybridized carbons (Fsp3) is 0.700. The van der Waals surface area contributed by atoms with Gasteiger partial charge in [0.15, 0.2) is 5.79 Å². The van der Waals surface area contributed by atoms with Gasteiger partial charge in [0.1, 0.15) is 11.9 Å². The minimum Gasteiger partial charge on any atom is -0.506 e. The molecule has 142 valence electrons. The summed E-state index contributed by atoms with van der Waals surface area (Å²) in [7, 11) is 0. The van der Waals surface area contributed by atoms with Gasteiger partial charge in [0.2, 0.25) is 0 Å². The highest BCUT2D eigenvalue weighted by Gasteiger charge is 2.69. The van der Waals surface area contributed by atoms with E-state index in [2.05, 4.69) is 44.8 Å². The van der Waals surface area contributed by atoms with Gasteiger partial charge >= 0.3 is 0 Å². The molecule has 1 heterocycles. The quantitative estimate of drug-likeness (QED) is 0.566. The lowest BCUT2D eigenvalue weighted by molar-refractivity contribution is -0.270. The highest BCUT2D eigenvalue weighted by Crippen LogP contribution is 2.66. The van der Waals surface area contributed by atoms with Crippen molar-refractivity contribution in [3.63, 3.8) is 0 Å². The van der Waals surface area contributed by atoms with Gasteiger partial charge in [0.25, 0.3) is 0 Å². The van der Waals surface area contributed by atoms with Crippen LogP contribution in [0.4, 0.5) is 0 Å². The summed E-state index contributed by atoms with van der Waals surface area (Å²) in [5, 5.41) is 21.2. The van der Waals surface area contributed by atoms with Crippen molar-refractivity contribution in [2.45, 2.75) is 56.8 Å². The minimum atomic E-state index is -0.807. The van der Waals surface area contributed by atoms with E-state index in [-0.39, 0.29) is 5.41 Å². The smallest absolute Gasteiger partial charge is 0.200 e. The molecular formula is C20H24Br2O4. The second-order valence-electron chi connectivity index (χ2n) is 8.58. The van der Waals surface area contributed by atoms with Crippen LogP contribution in [0, 0.1) is 17.3 Å². The number of aliphatic hydroxyl groups excluding tert-OH is 1. The monoisotopic (exact) mass is 486 g/mol. The molecule has 0 amide bonds. The van der Waals surface area contributed by atoms with E-state index in [0.29, 0.717) is 36.7 Å². The van der Waals surface area contributed by atoms with Gasteiger partial charge in [0.05, 0.1) is 22.2 Å². The Hall–Kier alpha value is -0.140. The fourth-order valence-electron chi connectivity index (χ4n) is 6.55. The molecule has 1 unspecified atom stereocenters. The average Bonchev–Trinajstić information content (AvgIpc) is 3.20. The zero-order valence-corrected chi connectivity index (χ0v) is 18.0. The molecule has 2 saturated carbocycles. The number of hydrogen-bond acceptors (Lipinski definition) is 4. The maximum atomic E-state index is 10.9. The van der Waals surface area contributed by atoms with Crippen LogP contribution < -0.4 is 0 Å². The second kappa shape index (κ2) is 5.93. The number of phenolic OH excluding ortho intramolecular Hbond substituents is 1. The number of halogens is 2. The largest absolute Gasteiger partial charge is 0.506 e. The standard InChI is InChI=1S/C20H24Br2O4/c1-19-5-4-10-11(14(19)9-16(23)20(19)25-6-7-26-20)2-3-12-13(10)8-15(21)18(24)17(12)22/h8,10-11,14,16,23-24H,2-7,9H2,1H3/t10-,11+,14-,16?,19-/m0/s1. The van der Waals surface area contributed by atoms with Crippen molar-refractivity contribution in [1.29, 1.82) is 0 Å². The molecule has 0 radical (unpaired) electrons. The van der Waals surface area contributed by atoms with Crippen LogP contribution in [0.15, 0.2) is 15.0 Å². The molecule has 4 nitrogen and oxygen atoms in total. The van der Waals surface area contributed by atoms with Crippen LogP contribution in [-0.4, -0.2) is 35.3 Å².